The number of rotatable bonds is 5. The molecule has 0 aromatic carbocycles. The molecule has 2 saturated heterocycles. The predicted octanol–water partition coefficient (Wildman–Crippen LogP) is 1.45. The third kappa shape index (κ3) is 3.93. The van der Waals surface area contributed by atoms with Gasteiger partial charge in [-0.1, -0.05) is 6.42 Å². The summed E-state index contributed by atoms with van der Waals surface area (Å²) in [5, 5.41) is 0. The van der Waals surface area contributed by atoms with Crippen LogP contribution in [0.25, 0.3) is 0 Å². The van der Waals surface area contributed by atoms with Crippen LogP contribution in [0.1, 0.15) is 44.9 Å². The molecule has 2 atom stereocenters. The van der Waals surface area contributed by atoms with Gasteiger partial charge in [0.05, 0.1) is 0 Å². The summed E-state index contributed by atoms with van der Waals surface area (Å²) in [6.07, 6.45) is 7.60. The summed E-state index contributed by atoms with van der Waals surface area (Å²) in [6.45, 7) is 3.92. The fourth-order valence-electron chi connectivity index (χ4n) is 3.63. The maximum Gasteiger partial charge on any atom is 0.222 e. The van der Waals surface area contributed by atoms with E-state index in [-0.39, 0.29) is 0 Å². The van der Waals surface area contributed by atoms with Crippen LogP contribution in [-0.4, -0.2) is 55.0 Å². The summed E-state index contributed by atoms with van der Waals surface area (Å²) in [5.74, 6) is 1.07. The minimum Gasteiger partial charge on any atom is -0.342 e. The third-order valence-electron chi connectivity index (χ3n) is 4.79. The van der Waals surface area contributed by atoms with Gasteiger partial charge in [-0.15, -0.1) is 0 Å². The average molecular weight is 267 g/mol. The van der Waals surface area contributed by atoms with Crippen molar-refractivity contribution in [3.05, 3.63) is 0 Å². The molecular weight excluding hydrogens is 238 g/mol. The molecule has 0 saturated carbocycles. The van der Waals surface area contributed by atoms with Crippen molar-refractivity contribution in [2.45, 2.75) is 51.0 Å². The van der Waals surface area contributed by atoms with Gasteiger partial charge in [0.15, 0.2) is 0 Å². The first kappa shape index (κ1) is 14.8. The highest BCUT2D eigenvalue weighted by atomic mass is 16.2. The fourth-order valence-corrected chi connectivity index (χ4v) is 3.63. The second kappa shape index (κ2) is 7.25. The van der Waals surface area contributed by atoms with Gasteiger partial charge < -0.3 is 15.5 Å². The van der Waals surface area contributed by atoms with Crippen molar-refractivity contribution in [1.82, 2.24) is 9.80 Å². The molecule has 110 valence electrons. The zero-order chi connectivity index (χ0) is 13.7. The molecular formula is C15H29N3O. The largest absolute Gasteiger partial charge is 0.342 e. The van der Waals surface area contributed by atoms with E-state index in [1.807, 2.05) is 0 Å². The number of unbranched alkanes of at least 4 members (excludes halogenated alkanes) is 2. The Hall–Kier alpha value is -0.610. The second-order valence-corrected chi connectivity index (χ2v) is 6.18. The minimum atomic E-state index is 0.365. The highest BCUT2D eigenvalue weighted by molar-refractivity contribution is 5.76. The quantitative estimate of drug-likeness (QED) is 0.767. The number of nitrogens with zero attached hydrogens (tertiary/aromatic N) is 2. The van der Waals surface area contributed by atoms with Crippen molar-refractivity contribution in [3.63, 3.8) is 0 Å². The summed E-state index contributed by atoms with van der Waals surface area (Å²) >= 11 is 0. The summed E-state index contributed by atoms with van der Waals surface area (Å²) in [4.78, 5) is 16.8. The van der Waals surface area contributed by atoms with Crippen molar-refractivity contribution in [1.29, 1.82) is 0 Å². The van der Waals surface area contributed by atoms with Crippen LogP contribution in [0.15, 0.2) is 0 Å². The summed E-state index contributed by atoms with van der Waals surface area (Å²) in [7, 11) is 2.24. The smallest absolute Gasteiger partial charge is 0.222 e. The maximum absolute atomic E-state index is 12.2. The van der Waals surface area contributed by atoms with Crippen LogP contribution < -0.4 is 5.73 Å². The van der Waals surface area contributed by atoms with Gasteiger partial charge in [-0.3, -0.25) is 4.79 Å². The van der Waals surface area contributed by atoms with Crippen LogP contribution in [0, 0.1) is 5.92 Å². The average Bonchev–Trinajstić information content (AvgIpc) is 2.43. The molecule has 2 unspecified atom stereocenters. The fraction of sp³-hybridized carbons (Fsp3) is 0.933. The zero-order valence-corrected chi connectivity index (χ0v) is 12.3. The number of amides is 1. The molecule has 4 nitrogen and oxygen atoms in total. The molecule has 2 fully saturated rings. The van der Waals surface area contributed by atoms with Crippen LogP contribution in [0.3, 0.4) is 0 Å². The van der Waals surface area contributed by atoms with Gasteiger partial charge >= 0.3 is 0 Å². The number of carbonyl (C=O) groups excluding carboxylic acids is 1. The van der Waals surface area contributed by atoms with E-state index in [0.29, 0.717) is 18.2 Å². The second-order valence-electron chi connectivity index (χ2n) is 6.18. The lowest BCUT2D eigenvalue weighted by Crippen LogP contribution is -2.53. The molecule has 0 aromatic rings. The molecule has 2 N–H and O–H groups in total. The number of hydrogen-bond acceptors (Lipinski definition) is 3. The molecule has 19 heavy (non-hydrogen) atoms. The van der Waals surface area contributed by atoms with E-state index in [4.69, 9.17) is 5.73 Å². The third-order valence-corrected chi connectivity index (χ3v) is 4.79. The standard InChI is InChI=1S/C15H29N3O/c1-17-10-5-6-13-12-18(11-8-14(13)17)15(19)7-3-2-4-9-16/h13-14H,2-12,16H2,1H3. The van der Waals surface area contributed by atoms with Crippen LogP contribution in [0.2, 0.25) is 0 Å². The van der Waals surface area contributed by atoms with Gasteiger partial charge in [-0.25, -0.2) is 0 Å². The number of hydrogen-bond donors (Lipinski definition) is 1. The molecule has 0 aliphatic carbocycles. The van der Waals surface area contributed by atoms with E-state index in [0.717, 1.165) is 51.4 Å². The Balaban J connectivity index is 1.75. The summed E-state index contributed by atoms with van der Waals surface area (Å²) in [6, 6.07) is 0.718. The van der Waals surface area contributed by atoms with Gasteiger partial charge in [0.1, 0.15) is 0 Å². The monoisotopic (exact) mass is 267 g/mol. The van der Waals surface area contributed by atoms with Crippen molar-refractivity contribution in [2.75, 3.05) is 33.2 Å². The van der Waals surface area contributed by atoms with Crippen molar-refractivity contribution in [2.24, 2.45) is 11.7 Å². The van der Waals surface area contributed by atoms with E-state index < -0.39 is 0 Å². The van der Waals surface area contributed by atoms with Crippen LogP contribution in [-0.2, 0) is 4.79 Å². The van der Waals surface area contributed by atoms with Gasteiger partial charge in [0, 0.05) is 25.6 Å². The lowest BCUT2D eigenvalue weighted by molar-refractivity contribution is -0.134. The SMILES string of the molecule is CN1CCCC2CN(C(=O)CCCCCN)CCC21. The van der Waals surface area contributed by atoms with Gasteiger partial charge in [-0.2, -0.15) is 0 Å². The molecule has 2 aliphatic rings. The molecule has 4 heteroatoms. The molecule has 2 heterocycles. The Labute approximate surface area is 117 Å². The van der Waals surface area contributed by atoms with E-state index in [9.17, 15) is 4.79 Å². The van der Waals surface area contributed by atoms with Gasteiger partial charge in [0.2, 0.25) is 5.91 Å². The van der Waals surface area contributed by atoms with Gasteiger partial charge in [-0.05, 0) is 58.2 Å². The van der Waals surface area contributed by atoms with Crippen LogP contribution in [0.4, 0.5) is 0 Å². The van der Waals surface area contributed by atoms with Crippen LogP contribution >= 0.6 is 0 Å². The number of nitrogens with two attached hydrogens (primary N) is 1. The number of piperidine rings is 2. The number of carbonyl (C=O) groups is 1. The molecule has 0 spiro atoms. The summed E-state index contributed by atoms with van der Waals surface area (Å²) < 4.78 is 0. The lowest BCUT2D eigenvalue weighted by atomic mass is 9.84. The lowest BCUT2D eigenvalue weighted by Gasteiger charge is -2.46. The van der Waals surface area contributed by atoms with E-state index >= 15 is 0 Å². The topological polar surface area (TPSA) is 49.6 Å². The molecule has 0 aromatic heterocycles. The summed E-state index contributed by atoms with van der Waals surface area (Å²) in [5.41, 5.74) is 5.47. The Bertz CT molecular complexity index is 295. The highest BCUT2D eigenvalue weighted by Gasteiger charge is 2.35. The molecule has 0 bridgehead atoms. The first-order valence-corrected chi connectivity index (χ1v) is 7.90. The zero-order valence-electron chi connectivity index (χ0n) is 12.3. The predicted molar refractivity (Wildman–Crippen MR) is 77.9 cm³/mol. The van der Waals surface area contributed by atoms with Crippen molar-refractivity contribution in [3.8, 4) is 0 Å². The van der Waals surface area contributed by atoms with E-state index in [2.05, 4.69) is 16.8 Å². The Morgan fingerprint density at radius 3 is 2.84 bits per heavy atom. The van der Waals surface area contributed by atoms with Crippen molar-refractivity contribution >= 4 is 5.91 Å². The van der Waals surface area contributed by atoms with E-state index in [1.54, 1.807) is 0 Å². The number of likely N-dealkylation sites (tertiary alicyclic amines) is 2. The Kier molecular flexibility index (Phi) is 5.64. The highest BCUT2D eigenvalue weighted by Crippen LogP contribution is 2.29. The van der Waals surface area contributed by atoms with Crippen molar-refractivity contribution < 1.29 is 4.79 Å². The minimum absolute atomic E-state index is 0.365. The molecule has 0 radical (unpaired) electrons. The first-order valence-electron chi connectivity index (χ1n) is 7.90. The molecule has 2 rings (SSSR count). The van der Waals surface area contributed by atoms with E-state index in [1.165, 1.54) is 19.4 Å². The first-order chi connectivity index (χ1) is 9.22. The van der Waals surface area contributed by atoms with Gasteiger partial charge in [0.25, 0.3) is 0 Å². The van der Waals surface area contributed by atoms with Crippen LogP contribution in [0.5, 0.6) is 0 Å². The molecule has 1 amide bonds. The maximum atomic E-state index is 12.2. The normalized spacial score (nSPS) is 28.2. The Morgan fingerprint density at radius 1 is 1.21 bits per heavy atom. The number of fused-ring (bicyclic) bond motifs is 1. The molecule has 2 aliphatic heterocycles. The Morgan fingerprint density at radius 2 is 2.05 bits per heavy atom.